The summed E-state index contributed by atoms with van der Waals surface area (Å²) >= 11 is 0. The van der Waals surface area contributed by atoms with Crippen LogP contribution in [0.3, 0.4) is 0 Å². The predicted molar refractivity (Wildman–Crippen MR) is 150 cm³/mol. The summed E-state index contributed by atoms with van der Waals surface area (Å²) in [6.45, 7) is 5.86. The number of hydrogen-bond donors (Lipinski definition) is 2. The number of anilines is 3. The largest absolute Gasteiger partial charge is 0.477 e. The van der Waals surface area contributed by atoms with Gasteiger partial charge in [0.1, 0.15) is 18.1 Å². The van der Waals surface area contributed by atoms with Gasteiger partial charge in [-0.25, -0.2) is 28.9 Å². The number of likely N-dealkylation sites (N-methyl/N-ethyl adjacent to an activating group) is 1. The van der Waals surface area contributed by atoms with E-state index in [4.69, 9.17) is 9.47 Å². The maximum Gasteiger partial charge on any atom is 0.413 e. The smallest absolute Gasteiger partial charge is 0.413 e. The average molecular weight is 572 g/mol. The molecule has 222 valence electrons. The molecule has 1 saturated carbocycles. The number of ether oxygens (including phenoxy) is 2. The van der Waals surface area contributed by atoms with Gasteiger partial charge in [-0.1, -0.05) is 0 Å². The number of alkyl halides is 1. The van der Waals surface area contributed by atoms with Gasteiger partial charge >= 0.3 is 12.1 Å². The van der Waals surface area contributed by atoms with E-state index in [2.05, 4.69) is 35.5 Å². The van der Waals surface area contributed by atoms with Crippen LogP contribution in [0.5, 0.6) is 5.88 Å². The number of piperidine rings is 2. The van der Waals surface area contributed by atoms with Crippen molar-refractivity contribution in [3.05, 3.63) is 24.7 Å². The standard InChI is InChI=1S/C27H38FN9O4/c1-3-40-24-15-30-23(14-31-24)33-26(38)35(2)21-17-37(13-9-20(21)28)25-29-10-6-22(32-25)34-27(39)41-19-7-11-36(12-8-19)16-18-4-5-18/h6,10,14-15,18-21H,3-5,7-9,11-13,16-17H2,1-2H3,(H,30,33,38)(H,29,32,34,39)/t20-,21+/m1/s1. The van der Waals surface area contributed by atoms with Crippen LogP contribution in [0.25, 0.3) is 0 Å². The van der Waals surface area contributed by atoms with Gasteiger partial charge in [0.15, 0.2) is 5.82 Å². The molecule has 0 radical (unpaired) electrons. The van der Waals surface area contributed by atoms with Gasteiger partial charge in [-0.05, 0) is 51.0 Å². The lowest BCUT2D eigenvalue weighted by Crippen LogP contribution is -2.55. The zero-order chi connectivity index (χ0) is 28.8. The van der Waals surface area contributed by atoms with Crippen molar-refractivity contribution in [2.75, 3.05) is 61.9 Å². The molecule has 0 bridgehead atoms. The van der Waals surface area contributed by atoms with E-state index in [0.717, 1.165) is 38.4 Å². The van der Waals surface area contributed by atoms with Gasteiger partial charge < -0.3 is 24.2 Å². The number of likely N-dealkylation sites (tertiary alicyclic amines) is 1. The van der Waals surface area contributed by atoms with E-state index >= 15 is 0 Å². The molecular formula is C27H38FN9O4. The molecule has 13 nitrogen and oxygen atoms in total. The average Bonchev–Trinajstić information content (AvgIpc) is 3.79. The Morgan fingerprint density at radius 2 is 1.85 bits per heavy atom. The van der Waals surface area contributed by atoms with Crippen molar-refractivity contribution >= 4 is 29.7 Å². The van der Waals surface area contributed by atoms with Crippen molar-refractivity contribution in [2.24, 2.45) is 5.92 Å². The van der Waals surface area contributed by atoms with Gasteiger partial charge in [0, 0.05) is 46.0 Å². The number of nitrogens with zero attached hydrogens (tertiary/aromatic N) is 7. The Kier molecular flexibility index (Phi) is 9.27. The summed E-state index contributed by atoms with van der Waals surface area (Å²) in [7, 11) is 1.53. The molecular weight excluding hydrogens is 533 g/mol. The lowest BCUT2D eigenvalue weighted by atomic mass is 10.0. The fourth-order valence-electron chi connectivity index (χ4n) is 5.13. The number of urea groups is 1. The summed E-state index contributed by atoms with van der Waals surface area (Å²) in [4.78, 5) is 48.0. The van der Waals surface area contributed by atoms with Gasteiger partial charge in [-0.15, -0.1) is 0 Å². The van der Waals surface area contributed by atoms with Crippen LogP contribution in [0.1, 0.15) is 39.0 Å². The molecule has 3 fully saturated rings. The minimum absolute atomic E-state index is 0.119. The van der Waals surface area contributed by atoms with Crippen LogP contribution in [0.4, 0.5) is 31.6 Å². The van der Waals surface area contributed by atoms with Crippen molar-refractivity contribution in [2.45, 2.75) is 57.3 Å². The van der Waals surface area contributed by atoms with Crippen molar-refractivity contribution < 1.29 is 23.5 Å². The van der Waals surface area contributed by atoms with Crippen LogP contribution in [0, 0.1) is 5.92 Å². The Morgan fingerprint density at radius 3 is 2.56 bits per heavy atom. The summed E-state index contributed by atoms with van der Waals surface area (Å²) in [5.41, 5.74) is 0. The summed E-state index contributed by atoms with van der Waals surface area (Å²) < 4.78 is 25.9. The number of halogens is 1. The second-order valence-electron chi connectivity index (χ2n) is 10.7. The minimum atomic E-state index is -1.24. The molecule has 0 unspecified atom stereocenters. The number of nitrogens with one attached hydrogen (secondary N) is 2. The van der Waals surface area contributed by atoms with E-state index < -0.39 is 24.3 Å². The molecule has 2 N–H and O–H groups in total. The minimum Gasteiger partial charge on any atom is -0.477 e. The Labute approximate surface area is 238 Å². The Hall–Kier alpha value is -3.81. The van der Waals surface area contributed by atoms with E-state index in [1.54, 1.807) is 11.0 Å². The SMILES string of the molecule is CCOc1cnc(NC(=O)N(C)[C@H]2CN(c3nccc(NC(=O)OC4CCN(CC5CC5)CC4)n3)CC[C@H]2F)cn1. The monoisotopic (exact) mass is 571 g/mol. The van der Waals surface area contributed by atoms with Crippen molar-refractivity contribution in [3.63, 3.8) is 0 Å². The first-order chi connectivity index (χ1) is 19.9. The summed E-state index contributed by atoms with van der Waals surface area (Å²) in [5.74, 6) is 2.06. The van der Waals surface area contributed by atoms with Crippen LogP contribution >= 0.6 is 0 Å². The number of amides is 3. The Bertz CT molecular complexity index is 1180. The molecule has 3 aliphatic rings. The number of aromatic nitrogens is 4. The molecule has 2 aliphatic heterocycles. The van der Waals surface area contributed by atoms with Gasteiger partial charge in [-0.2, -0.15) is 4.98 Å². The van der Waals surface area contributed by atoms with Crippen molar-refractivity contribution in [1.29, 1.82) is 0 Å². The van der Waals surface area contributed by atoms with Crippen LogP contribution in [0.15, 0.2) is 24.7 Å². The number of carbonyl (C=O) groups excluding carboxylic acids is 2. The zero-order valence-electron chi connectivity index (χ0n) is 23.5. The van der Waals surface area contributed by atoms with Gasteiger partial charge in [0.25, 0.3) is 0 Å². The molecule has 41 heavy (non-hydrogen) atoms. The van der Waals surface area contributed by atoms with Gasteiger partial charge in [0.05, 0.1) is 25.0 Å². The fraction of sp³-hybridized carbons (Fsp3) is 0.630. The highest BCUT2D eigenvalue weighted by Crippen LogP contribution is 2.31. The molecule has 0 aromatic carbocycles. The summed E-state index contributed by atoms with van der Waals surface area (Å²) in [6, 6.07) is 0.311. The van der Waals surface area contributed by atoms with Gasteiger partial charge in [-0.3, -0.25) is 10.6 Å². The van der Waals surface area contributed by atoms with Crippen LogP contribution in [-0.4, -0.2) is 107 Å². The van der Waals surface area contributed by atoms with E-state index in [-0.39, 0.29) is 24.9 Å². The molecule has 2 aromatic rings. The van der Waals surface area contributed by atoms with Crippen molar-refractivity contribution in [1.82, 2.24) is 29.7 Å². The number of hydrogen-bond acceptors (Lipinski definition) is 10. The first-order valence-corrected chi connectivity index (χ1v) is 14.3. The second kappa shape index (κ2) is 13.2. The molecule has 4 heterocycles. The Balaban J connectivity index is 1.13. The first kappa shape index (κ1) is 28.7. The van der Waals surface area contributed by atoms with E-state index in [1.165, 1.54) is 43.4 Å². The third-order valence-corrected chi connectivity index (χ3v) is 7.65. The molecule has 2 atom stereocenters. The molecule has 2 saturated heterocycles. The van der Waals surface area contributed by atoms with Crippen LogP contribution < -0.4 is 20.3 Å². The second-order valence-corrected chi connectivity index (χ2v) is 10.7. The lowest BCUT2D eigenvalue weighted by Gasteiger charge is -2.39. The van der Waals surface area contributed by atoms with Crippen LogP contribution in [0.2, 0.25) is 0 Å². The fourth-order valence-corrected chi connectivity index (χ4v) is 5.13. The van der Waals surface area contributed by atoms with E-state index in [0.29, 0.717) is 30.8 Å². The summed E-state index contributed by atoms with van der Waals surface area (Å²) in [6.07, 6.45) is 6.91. The first-order valence-electron chi connectivity index (χ1n) is 14.3. The highest BCUT2D eigenvalue weighted by Gasteiger charge is 2.35. The van der Waals surface area contributed by atoms with Crippen molar-refractivity contribution in [3.8, 4) is 5.88 Å². The molecule has 5 rings (SSSR count). The highest BCUT2D eigenvalue weighted by molar-refractivity contribution is 5.88. The normalized spacial score (nSPS) is 21.7. The molecule has 0 spiro atoms. The predicted octanol–water partition coefficient (Wildman–Crippen LogP) is 3.17. The number of carbonyl (C=O) groups is 2. The molecule has 1 aliphatic carbocycles. The third kappa shape index (κ3) is 7.90. The number of rotatable bonds is 9. The summed E-state index contributed by atoms with van der Waals surface area (Å²) in [5, 5.41) is 5.34. The Morgan fingerprint density at radius 1 is 1.05 bits per heavy atom. The topological polar surface area (TPSA) is 138 Å². The molecule has 2 aromatic heterocycles. The third-order valence-electron chi connectivity index (χ3n) is 7.65. The zero-order valence-corrected chi connectivity index (χ0v) is 23.5. The maximum atomic E-state index is 15.0. The quantitative estimate of drug-likeness (QED) is 0.462. The molecule has 3 amide bonds. The van der Waals surface area contributed by atoms with Crippen LogP contribution in [-0.2, 0) is 4.74 Å². The lowest BCUT2D eigenvalue weighted by molar-refractivity contribution is 0.0576. The van der Waals surface area contributed by atoms with E-state index in [1.807, 2.05) is 6.92 Å². The highest BCUT2D eigenvalue weighted by atomic mass is 19.1. The maximum absolute atomic E-state index is 15.0. The molecule has 14 heteroatoms. The van der Waals surface area contributed by atoms with Gasteiger partial charge in [0.2, 0.25) is 11.8 Å². The van der Waals surface area contributed by atoms with E-state index in [9.17, 15) is 14.0 Å².